The lowest BCUT2D eigenvalue weighted by Crippen LogP contribution is -2.52. The normalized spacial score (nSPS) is 12.1. The van der Waals surface area contributed by atoms with Crippen LogP contribution in [0.1, 0.15) is 26.7 Å². The lowest BCUT2D eigenvalue weighted by Gasteiger charge is -2.31. The summed E-state index contributed by atoms with van der Waals surface area (Å²) in [5, 5.41) is 0. The Labute approximate surface area is 133 Å². The third kappa shape index (κ3) is 4.39. The van der Waals surface area contributed by atoms with E-state index in [1.165, 1.54) is 12.1 Å². The van der Waals surface area contributed by atoms with E-state index < -0.39 is 21.4 Å². The first-order valence-corrected chi connectivity index (χ1v) is 8.27. The Hall–Kier alpha value is -0.210. The summed E-state index contributed by atoms with van der Waals surface area (Å²) in [6.07, 6.45) is 1.12. The third-order valence-corrected chi connectivity index (χ3v) is 5.85. The number of hydrogen-bond acceptors (Lipinski definition) is 3. The Bertz CT molecular complexity index is 542. The van der Waals surface area contributed by atoms with E-state index in [0.29, 0.717) is 17.3 Å². The van der Waals surface area contributed by atoms with E-state index in [9.17, 15) is 12.8 Å². The minimum Gasteiger partial charge on any atom is -0.329 e. The van der Waals surface area contributed by atoms with Gasteiger partial charge in [0.2, 0.25) is 10.0 Å². The van der Waals surface area contributed by atoms with Gasteiger partial charge in [-0.1, -0.05) is 13.8 Å². The molecule has 4 nitrogen and oxygen atoms in total. The molecule has 0 aromatic heterocycles. The van der Waals surface area contributed by atoms with Crippen LogP contribution in [0.4, 0.5) is 4.39 Å². The molecule has 0 aliphatic carbocycles. The Balaban J connectivity index is 0.00000361. The fraction of sp³-hybridized carbons (Fsp3) is 0.500. The minimum atomic E-state index is -3.82. The first-order valence-electron chi connectivity index (χ1n) is 5.99. The van der Waals surface area contributed by atoms with Gasteiger partial charge in [-0.15, -0.1) is 12.4 Å². The molecule has 20 heavy (non-hydrogen) atoms. The fourth-order valence-corrected chi connectivity index (χ4v) is 4.28. The molecule has 0 radical (unpaired) electrons. The molecule has 116 valence electrons. The van der Waals surface area contributed by atoms with Crippen molar-refractivity contribution in [2.45, 2.75) is 37.1 Å². The van der Waals surface area contributed by atoms with Crippen molar-refractivity contribution in [3.05, 3.63) is 28.5 Å². The van der Waals surface area contributed by atoms with Crippen molar-refractivity contribution in [1.82, 2.24) is 4.72 Å². The molecule has 0 atom stereocenters. The van der Waals surface area contributed by atoms with Crippen molar-refractivity contribution >= 4 is 38.4 Å². The zero-order chi connectivity index (χ0) is 14.7. The molecule has 0 spiro atoms. The van der Waals surface area contributed by atoms with Crippen LogP contribution in [-0.4, -0.2) is 20.5 Å². The fourth-order valence-electron chi connectivity index (χ4n) is 1.75. The Morgan fingerprint density at radius 1 is 1.35 bits per heavy atom. The first kappa shape index (κ1) is 19.8. The maximum absolute atomic E-state index is 13.2. The lowest BCUT2D eigenvalue weighted by atomic mass is 9.95. The van der Waals surface area contributed by atoms with Gasteiger partial charge in [0.25, 0.3) is 0 Å². The Morgan fingerprint density at radius 2 is 1.90 bits per heavy atom. The zero-order valence-electron chi connectivity index (χ0n) is 11.3. The number of nitrogens with two attached hydrogens (primary N) is 1. The van der Waals surface area contributed by atoms with E-state index in [0.717, 1.165) is 6.07 Å². The summed E-state index contributed by atoms with van der Waals surface area (Å²) in [5.41, 5.74) is 4.97. The highest BCUT2D eigenvalue weighted by Crippen LogP contribution is 2.25. The summed E-state index contributed by atoms with van der Waals surface area (Å²) in [6.45, 7) is 3.91. The second-order valence-electron chi connectivity index (χ2n) is 4.37. The van der Waals surface area contributed by atoms with Gasteiger partial charge in [0.15, 0.2) is 0 Å². The quantitative estimate of drug-likeness (QED) is 0.786. The lowest BCUT2D eigenvalue weighted by molar-refractivity contribution is 0.363. The van der Waals surface area contributed by atoms with Gasteiger partial charge >= 0.3 is 0 Å². The van der Waals surface area contributed by atoms with Crippen LogP contribution in [0.5, 0.6) is 0 Å². The molecule has 1 aromatic carbocycles. The molecule has 0 unspecified atom stereocenters. The molecule has 0 saturated heterocycles. The molecule has 0 bridgehead atoms. The number of rotatable bonds is 6. The monoisotopic (exact) mass is 388 g/mol. The van der Waals surface area contributed by atoms with Crippen molar-refractivity contribution in [2.24, 2.45) is 5.73 Å². The maximum Gasteiger partial charge on any atom is 0.242 e. The van der Waals surface area contributed by atoms with E-state index in [4.69, 9.17) is 5.73 Å². The highest BCUT2D eigenvalue weighted by molar-refractivity contribution is 9.10. The van der Waals surface area contributed by atoms with Crippen LogP contribution in [0.3, 0.4) is 0 Å². The highest BCUT2D eigenvalue weighted by Gasteiger charge is 2.31. The van der Waals surface area contributed by atoms with E-state index in [1.807, 2.05) is 13.8 Å². The molecule has 8 heteroatoms. The van der Waals surface area contributed by atoms with E-state index in [2.05, 4.69) is 20.7 Å². The Morgan fingerprint density at radius 3 is 2.35 bits per heavy atom. The maximum atomic E-state index is 13.2. The summed E-state index contributed by atoms with van der Waals surface area (Å²) in [7, 11) is -3.82. The van der Waals surface area contributed by atoms with Crippen LogP contribution in [-0.2, 0) is 10.0 Å². The van der Waals surface area contributed by atoms with Gasteiger partial charge < -0.3 is 5.73 Å². The van der Waals surface area contributed by atoms with Crippen molar-refractivity contribution in [2.75, 3.05) is 6.54 Å². The predicted molar refractivity (Wildman–Crippen MR) is 84.0 cm³/mol. The van der Waals surface area contributed by atoms with Crippen LogP contribution < -0.4 is 10.5 Å². The first-order chi connectivity index (χ1) is 8.80. The molecular weight excluding hydrogens is 371 g/mol. The van der Waals surface area contributed by atoms with Gasteiger partial charge in [0.05, 0.1) is 4.90 Å². The van der Waals surface area contributed by atoms with E-state index in [1.54, 1.807) is 0 Å². The second-order valence-corrected chi connectivity index (χ2v) is 6.88. The average Bonchev–Trinajstić information content (AvgIpc) is 2.39. The van der Waals surface area contributed by atoms with Gasteiger partial charge in [-0.3, -0.25) is 0 Å². The van der Waals surface area contributed by atoms with Gasteiger partial charge in [-0.25, -0.2) is 17.5 Å². The van der Waals surface area contributed by atoms with Crippen LogP contribution in [0.2, 0.25) is 0 Å². The van der Waals surface area contributed by atoms with Gasteiger partial charge in [0, 0.05) is 16.6 Å². The summed E-state index contributed by atoms with van der Waals surface area (Å²) < 4.78 is 40.8. The summed E-state index contributed by atoms with van der Waals surface area (Å²) in [5.74, 6) is -0.602. The molecule has 0 amide bonds. The number of nitrogens with one attached hydrogen (secondary N) is 1. The molecule has 0 saturated carbocycles. The van der Waals surface area contributed by atoms with E-state index >= 15 is 0 Å². The van der Waals surface area contributed by atoms with Crippen molar-refractivity contribution < 1.29 is 12.8 Å². The molecule has 0 aliphatic heterocycles. The number of halogens is 3. The molecule has 3 N–H and O–H groups in total. The van der Waals surface area contributed by atoms with Crippen LogP contribution in [0.15, 0.2) is 27.6 Å². The third-order valence-electron chi connectivity index (χ3n) is 3.28. The molecule has 0 heterocycles. The molecular formula is C12H19BrClFN2O2S. The minimum absolute atomic E-state index is 0. The Kier molecular flexibility index (Phi) is 7.62. The molecule has 1 aromatic rings. The standard InChI is InChI=1S/C12H18BrFN2O2S.ClH/c1-3-12(4-2,8-15)16-19(17,18)11-7-9(14)5-6-10(11)13;/h5-7,16H,3-4,8,15H2,1-2H3;1H. The zero-order valence-corrected chi connectivity index (χ0v) is 14.5. The van der Waals surface area contributed by atoms with Gasteiger partial charge in [0.1, 0.15) is 5.82 Å². The average molecular weight is 390 g/mol. The summed E-state index contributed by atoms with van der Waals surface area (Å²) in [4.78, 5) is -0.118. The number of hydrogen-bond donors (Lipinski definition) is 2. The number of benzene rings is 1. The SMILES string of the molecule is CCC(CC)(CN)NS(=O)(=O)c1cc(F)ccc1Br.Cl. The highest BCUT2D eigenvalue weighted by atomic mass is 79.9. The van der Waals surface area contributed by atoms with Crippen molar-refractivity contribution in [1.29, 1.82) is 0 Å². The summed E-state index contributed by atoms with van der Waals surface area (Å²) >= 11 is 3.12. The largest absolute Gasteiger partial charge is 0.329 e. The second kappa shape index (κ2) is 7.70. The van der Waals surface area contributed by atoms with Crippen LogP contribution in [0.25, 0.3) is 0 Å². The van der Waals surface area contributed by atoms with E-state index in [-0.39, 0.29) is 23.8 Å². The number of sulfonamides is 1. The van der Waals surface area contributed by atoms with Gasteiger partial charge in [-0.05, 0) is 47.0 Å². The molecule has 1 rings (SSSR count). The molecule has 0 fully saturated rings. The van der Waals surface area contributed by atoms with Crippen LogP contribution in [0, 0.1) is 5.82 Å². The topological polar surface area (TPSA) is 72.2 Å². The smallest absolute Gasteiger partial charge is 0.242 e. The molecule has 0 aliphatic rings. The van der Waals surface area contributed by atoms with Crippen molar-refractivity contribution in [3.8, 4) is 0 Å². The van der Waals surface area contributed by atoms with Crippen LogP contribution >= 0.6 is 28.3 Å². The van der Waals surface area contributed by atoms with Gasteiger partial charge in [-0.2, -0.15) is 0 Å². The predicted octanol–water partition coefficient (Wildman–Crippen LogP) is 2.81. The summed E-state index contributed by atoms with van der Waals surface area (Å²) in [6, 6.07) is 3.55. The van der Waals surface area contributed by atoms with Crippen molar-refractivity contribution in [3.63, 3.8) is 0 Å².